The Bertz CT molecular complexity index is 713. The summed E-state index contributed by atoms with van der Waals surface area (Å²) in [4.78, 5) is 22.7. The largest absolute Gasteiger partial charge is 0.478 e. The number of aromatic nitrogens is 2. The van der Waals surface area contributed by atoms with Gasteiger partial charge in [0.05, 0.1) is 11.3 Å². The van der Waals surface area contributed by atoms with Crippen LogP contribution in [0.4, 0.5) is 0 Å². The smallest absolute Gasteiger partial charge is 0.335 e. The second-order valence-corrected chi connectivity index (χ2v) is 6.24. The molecule has 0 bridgehead atoms. The fraction of sp³-hybridized carbons (Fsp3) is 0.389. The Morgan fingerprint density at radius 1 is 1.26 bits per heavy atom. The molecule has 1 N–H and O–H groups in total. The maximum atomic E-state index is 11.0. The molecule has 23 heavy (non-hydrogen) atoms. The molecule has 0 amide bonds. The fourth-order valence-corrected chi connectivity index (χ4v) is 3.08. The zero-order valence-corrected chi connectivity index (χ0v) is 13.5. The van der Waals surface area contributed by atoms with Gasteiger partial charge in [-0.25, -0.2) is 14.8 Å². The molecule has 0 saturated carbocycles. The highest BCUT2D eigenvalue weighted by Gasteiger charge is 2.22. The summed E-state index contributed by atoms with van der Waals surface area (Å²) in [6.45, 7) is 4.10. The van der Waals surface area contributed by atoms with Crippen LogP contribution in [0.5, 0.6) is 0 Å². The SMILES string of the molecule is Cc1cc(-c2ccc(C(=O)O)cc2)nc(C2CCCN(C)C2)n1. The van der Waals surface area contributed by atoms with Crippen molar-refractivity contribution in [3.8, 4) is 11.3 Å². The summed E-state index contributed by atoms with van der Waals surface area (Å²) in [5.74, 6) is 0.348. The third-order valence-electron chi connectivity index (χ3n) is 4.29. The molecule has 0 spiro atoms. The number of aromatic carboxylic acids is 1. The standard InChI is InChI=1S/C18H21N3O2/c1-12-10-16(13-5-7-14(8-6-13)18(22)23)20-17(19-12)15-4-3-9-21(2)11-15/h5-8,10,15H,3-4,9,11H2,1-2H3,(H,22,23). The van der Waals surface area contributed by atoms with E-state index in [0.717, 1.165) is 42.3 Å². The Kier molecular flexibility index (Phi) is 4.39. The number of likely N-dealkylation sites (tertiary alicyclic amines) is 1. The number of rotatable bonds is 3. The minimum atomic E-state index is -0.915. The summed E-state index contributed by atoms with van der Waals surface area (Å²) in [6, 6.07) is 8.79. The molecule has 1 aromatic carbocycles. The van der Waals surface area contributed by atoms with Gasteiger partial charge in [0.15, 0.2) is 0 Å². The number of benzene rings is 1. The summed E-state index contributed by atoms with van der Waals surface area (Å²) in [7, 11) is 2.13. The van der Waals surface area contributed by atoms with Crippen molar-refractivity contribution < 1.29 is 9.90 Å². The number of aryl methyl sites for hydroxylation is 1. The summed E-state index contributed by atoms with van der Waals surface area (Å²) in [5.41, 5.74) is 3.01. The molecular weight excluding hydrogens is 290 g/mol. The van der Waals surface area contributed by atoms with E-state index in [1.807, 2.05) is 25.1 Å². The van der Waals surface area contributed by atoms with E-state index < -0.39 is 5.97 Å². The summed E-state index contributed by atoms with van der Waals surface area (Å²) < 4.78 is 0. The van der Waals surface area contributed by atoms with Gasteiger partial charge in [-0.05, 0) is 51.6 Å². The third-order valence-corrected chi connectivity index (χ3v) is 4.29. The van der Waals surface area contributed by atoms with Gasteiger partial charge in [-0.15, -0.1) is 0 Å². The van der Waals surface area contributed by atoms with Crippen LogP contribution in [0, 0.1) is 6.92 Å². The van der Waals surface area contributed by atoms with Crippen molar-refractivity contribution in [1.29, 1.82) is 0 Å². The van der Waals surface area contributed by atoms with Crippen LogP contribution in [-0.2, 0) is 0 Å². The highest BCUT2D eigenvalue weighted by molar-refractivity contribution is 5.88. The van der Waals surface area contributed by atoms with Crippen molar-refractivity contribution in [2.24, 2.45) is 0 Å². The lowest BCUT2D eigenvalue weighted by Crippen LogP contribution is -2.31. The first-order valence-corrected chi connectivity index (χ1v) is 7.91. The number of hydrogen-bond donors (Lipinski definition) is 1. The molecule has 1 aromatic heterocycles. The van der Waals surface area contributed by atoms with Crippen LogP contribution >= 0.6 is 0 Å². The van der Waals surface area contributed by atoms with Crippen molar-refractivity contribution in [3.05, 3.63) is 47.4 Å². The number of carboxylic acids is 1. The van der Waals surface area contributed by atoms with Crippen LogP contribution in [0.3, 0.4) is 0 Å². The number of piperidine rings is 1. The fourth-order valence-electron chi connectivity index (χ4n) is 3.08. The molecule has 5 heteroatoms. The number of hydrogen-bond acceptors (Lipinski definition) is 4. The maximum absolute atomic E-state index is 11.0. The molecule has 5 nitrogen and oxygen atoms in total. The van der Waals surface area contributed by atoms with Gasteiger partial charge < -0.3 is 10.0 Å². The van der Waals surface area contributed by atoms with E-state index in [1.165, 1.54) is 6.42 Å². The second kappa shape index (κ2) is 6.46. The first-order chi connectivity index (χ1) is 11.0. The zero-order chi connectivity index (χ0) is 16.4. The minimum absolute atomic E-state index is 0.286. The maximum Gasteiger partial charge on any atom is 0.335 e. The van der Waals surface area contributed by atoms with Gasteiger partial charge >= 0.3 is 5.97 Å². The molecule has 1 saturated heterocycles. The van der Waals surface area contributed by atoms with Gasteiger partial charge in [-0.2, -0.15) is 0 Å². The average Bonchev–Trinajstić information content (AvgIpc) is 2.54. The highest BCUT2D eigenvalue weighted by atomic mass is 16.4. The Hall–Kier alpha value is -2.27. The minimum Gasteiger partial charge on any atom is -0.478 e. The molecular formula is C18H21N3O2. The Balaban J connectivity index is 1.92. The van der Waals surface area contributed by atoms with E-state index in [1.54, 1.807) is 12.1 Å². The summed E-state index contributed by atoms with van der Waals surface area (Å²) >= 11 is 0. The van der Waals surface area contributed by atoms with E-state index in [2.05, 4.69) is 16.9 Å². The highest BCUT2D eigenvalue weighted by Crippen LogP contribution is 2.26. The number of carbonyl (C=O) groups is 1. The van der Waals surface area contributed by atoms with Gasteiger partial charge in [0, 0.05) is 23.7 Å². The molecule has 3 rings (SSSR count). The van der Waals surface area contributed by atoms with Crippen LogP contribution in [0.1, 0.15) is 40.6 Å². The van der Waals surface area contributed by atoms with Crippen LogP contribution in [-0.4, -0.2) is 46.1 Å². The number of likely N-dealkylation sites (N-methyl/N-ethyl adjacent to an activating group) is 1. The number of carboxylic acid groups (broad SMARTS) is 1. The number of nitrogens with zero attached hydrogens (tertiary/aromatic N) is 3. The van der Waals surface area contributed by atoms with Gasteiger partial charge in [0.2, 0.25) is 0 Å². The molecule has 0 radical (unpaired) electrons. The molecule has 0 aliphatic carbocycles. The first kappa shape index (κ1) is 15.6. The summed E-state index contributed by atoms with van der Waals surface area (Å²) in [6.07, 6.45) is 2.28. The predicted octanol–water partition coefficient (Wildman–Crippen LogP) is 2.96. The van der Waals surface area contributed by atoms with Crippen LogP contribution in [0.25, 0.3) is 11.3 Å². The lowest BCUT2D eigenvalue weighted by Gasteiger charge is -2.28. The van der Waals surface area contributed by atoms with Gasteiger partial charge in [-0.3, -0.25) is 0 Å². The quantitative estimate of drug-likeness (QED) is 0.944. The molecule has 1 aliphatic rings. The third kappa shape index (κ3) is 3.56. The predicted molar refractivity (Wildman–Crippen MR) is 88.6 cm³/mol. The van der Waals surface area contributed by atoms with E-state index in [0.29, 0.717) is 5.92 Å². The molecule has 1 atom stereocenters. The lowest BCUT2D eigenvalue weighted by atomic mass is 9.97. The van der Waals surface area contributed by atoms with Crippen LogP contribution in [0.15, 0.2) is 30.3 Å². The lowest BCUT2D eigenvalue weighted by molar-refractivity contribution is 0.0697. The van der Waals surface area contributed by atoms with E-state index >= 15 is 0 Å². The first-order valence-electron chi connectivity index (χ1n) is 7.91. The van der Waals surface area contributed by atoms with Crippen LogP contribution < -0.4 is 0 Å². The van der Waals surface area contributed by atoms with Gasteiger partial charge in [0.1, 0.15) is 5.82 Å². The molecule has 1 aliphatic heterocycles. The second-order valence-electron chi connectivity index (χ2n) is 6.24. The molecule has 2 heterocycles. The van der Waals surface area contributed by atoms with Crippen molar-refractivity contribution in [1.82, 2.24) is 14.9 Å². The zero-order valence-electron chi connectivity index (χ0n) is 13.5. The molecule has 1 unspecified atom stereocenters. The van der Waals surface area contributed by atoms with Crippen molar-refractivity contribution >= 4 is 5.97 Å². The Labute approximate surface area is 136 Å². The van der Waals surface area contributed by atoms with Crippen molar-refractivity contribution in [2.75, 3.05) is 20.1 Å². The topological polar surface area (TPSA) is 66.3 Å². The van der Waals surface area contributed by atoms with Gasteiger partial charge in [-0.1, -0.05) is 12.1 Å². The van der Waals surface area contributed by atoms with Crippen molar-refractivity contribution in [3.63, 3.8) is 0 Å². The summed E-state index contributed by atoms with van der Waals surface area (Å²) in [5, 5.41) is 9.00. The monoisotopic (exact) mass is 311 g/mol. The van der Waals surface area contributed by atoms with E-state index in [-0.39, 0.29) is 5.56 Å². The van der Waals surface area contributed by atoms with Crippen molar-refractivity contribution in [2.45, 2.75) is 25.7 Å². The molecule has 2 aromatic rings. The van der Waals surface area contributed by atoms with E-state index in [9.17, 15) is 4.79 Å². The Morgan fingerprint density at radius 3 is 2.65 bits per heavy atom. The molecule has 1 fully saturated rings. The normalized spacial score (nSPS) is 18.8. The average molecular weight is 311 g/mol. The van der Waals surface area contributed by atoms with Gasteiger partial charge in [0.25, 0.3) is 0 Å². The van der Waals surface area contributed by atoms with E-state index in [4.69, 9.17) is 10.1 Å². The van der Waals surface area contributed by atoms with Crippen LogP contribution in [0.2, 0.25) is 0 Å². The Morgan fingerprint density at radius 2 is 2.00 bits per heavy atom. The molecule has 120 valence electrons.